The van der Waals surface area contributed by atoms with Gasteiger partial charge in [-0.05, 0) is 19.3 Å². The van der Waals surface area contributed by atoms with Crippen molar-refractivity contribution < 1.29 is 39.4 Å². The summed E-state index contributed by atoms with van der Waals surface area (Å²) in [5.41, 5.74) is 0. The molecule has 0 bridgehead atoms. The van der Waals surface area contributed by atoms with Crippen LogP contribution in [-0.4, -0.2) is 76.9 Å². The van der Waals surface area contributed by atoms with Crippen LogP contribution in [0.5, 0.6) is 0 Å². The third-order valence-electron chi connectivity index (χ3n) is 6.44. The first kappa shape index (κ1) is 30.3. The summed E-state index contributed by atoms with van der Waals surface area (Å²) in [6, 6.07) is 0. The van der Waals surface area contributed by atoms with Crippen LogP contribution >= 0.6 is 0 Å². The summed E-state index contributed by atoms with van der Waals surface area (Å²) < 4.78 is 16.2. The fourth-order valence-corrected chi connectivity index (χ4v) is 4.25. The van der Waals surface area contributed by atoms with E-state index in [0.29, 0.717) is 6.42 Å². The Morgan fingerprint density at radius 1 is 0.818 bits per heavy atom. The van der Waals surface area contributed by atoms with Gasteiger partial charge < -0.3 is 34.6 Å². The number of hydrogen-bond acceptors (Lipinski definition) is 8. The molecule has 0 aliphatic carbocycles. The number of aliphatic hydroxyl groups excluding tert-OH is 4. The largest absolute Gasteiger partial charge is 0.469 e. The molecule has 0 aromatic rings. The van der Waals surface area contributed by atoms with E-state index in [2.05, 4.69) is 11.7 Å². The van der Waals surface area contributed by atoms with Gasteiger partial charge in [0.25, 0.3) is 0 Å². The highest BCUT2D eigenvalue weighted by Gasteiger charge is 2.44. The highest BCUT2D eigenvalue weighted by Crippen LogP contribution is 2.26. The number of methoxy groups -OCH3 is 1. The zero-order valence-electron chi connectivity index (χ0n) is 20.7. The maximum Gasteiger partial charge on any atom is 0.305 e. The van der Waals surface area contributed by atoms with Crippen molar-refractivity contribution in [2.45, 2.75) is 140 Å². The SMILES string of the molecule is CCCCCCC(CCCCCCCCCCC(=O)OC)O[C@H]1O[C@H](CO)[C@H](O)[C@H](O)[C@H]1O. The smallest absolute Gasteiger partial charge is 0.305 e. The number of rotatable bonds is 19. The Kier molecular flexibility index (Phi) is 17.0. The molecule has 1 rings (SSSR count). The quantitative estimate of drug-likeness (QED) is 0.165. The van der Waals surface area contributed by atoms with Crippen molar-refractivity contribution in [1.82, 2.24) is 0 Å². The van der Waals surface area contributed by atoms with E-state index < -0.39 is 37.3 Å². The highest BCUT2D eigenvalue weighted by atomic mass is 16.7. The molecule has 33 heavy (non-hydrogen) atoms. The summed E-state index contributed by atoms with van der Waals surface area (Å²) in [4.78, 5) is 11.1. The first-order chi connectivity index (χ1) is 15.9. The van der Waals surface area contributed by atoms with E-state index in [1.165, 1.54) is 26.4 Å². The molecule has 1 aliphatic heterocycles. The summed E-state index contributed by atoms with van der Waals surface area (Å²) in [5.74, 6) is -0.134. The van der Waals surface area contributed by atoms with Crippen LogP contribution in [0.25, 0.3) is 0 Å². The number of aliphatic hydroxyl groups is 4. The first-order valence-corrected chi connectivity index (χ1v) is 13.0. The third-order valence-corrected chi connectivity index (χ3v) is 6.44. The predicted octanol–water partition coefficient (Wildman–Crippen LogP) is 3.22. The Hall–Kier alpha value is -0.770. The van der Waals surface area contributed by atoms with E-state index in [0.717, 1.165) is 70.6 Å². The van der Waals surface area contributed by atoms with Gasteiger partial charge in [0.2, 0.25) is 0 Å². The van der Waals surface area contributed by atoms with Crippen molar-refractivity contribution in [3.8, 4) is 0 Å². The van der Waals surface area contributed by atoms with Gasteiger partial charge in [-0.15, -0.1) is 0 Å². The lowest BCUT2D eigenvalue weighted by Crippen LogP contribution is -2.59. The Labute approximate surface area is 199 Å². The Morgan fingerprint density at radius 2 is 1.36 bits per heavy atom. The van der Waals surface area contributed by atoms with Gasteiger partial charge in [0, 0.05) is 6.42 Å². The standard InChI is InChI=1S/C25H48O8/c1-3-4-5-12-15-19(32-25-24(30)23(29)22(28)20(18-26)33-25)16-13-10-8-6-7-9-11-14-17-21(27)31-2/h19-20,22-26,28-30H,3-18H2,1-2H3/t19?,20-,22+,23+,24-,25+/m1/s1. The maximum atomic E-state index is 11.1. The number of esters is 1. The number of ether oxygens (including phenoxy) is 3. The molecule has 1 fully saturated rings. The molecule has 8 heteroatoms. The van der Waals surface area contributed by atoms with E-state index >= 15 is 0 Å². The van der Waals surface area contributed by atoms with Crippen molar-refractivity contribution in [2.24, 2.45) is 0 Å². The van der Waals surface area contributed by atoms with Crippen LogP contribution in [0.4, 0.5) is 0 Å². The molecule has 0 aromatic carbocycles. The Balaban J connectivity index is 2.33. The Morgan fingerprint density at radius 3 is 1.91 bits per heavy atom. The van der Waals surface area contributed by atoms with E-state index in [-0.39, 0.29) is 12.1 Å². The minimum Gasteiger partial charge on any atom is -0.469 e. The normalized spacial score (nSPS) is 26.3. The lowest BCUT2D eigenvalue weighted by atomic mass is 9.98. The molecule has 1 aliphatic rings. The summed E-state index contributed by atoms with van der Waals surface area (Å²) in [7, 11) is 1.42. The van der Waals surface area contributed by atoms with Crippen molar-refractivity contribution in [3.05, 3.63) is 0 Å². The van der Waals surface area contributed by atoms with Crippen molar-refractivity contribution >= 4 is 5.97 Å². The predicted molar refractivity (Wildman–Crippen MR) is 126 cm³/mol. The molecular formula is C25H48O8. The average molecular weight is 477 g/mol. The molecule has 4 N–H and O–H groups in total. The molecule has 196 valence electrons. The van der Waals surface area contributed by atoms with E-state index in [1.807, 2.05) is 0 Å². The molecular weight excluding hydrogens is 428 g/mol. The fourth-order valence-electron chi connectivity index (χ4n) is 4.25. The van der Waals surface area contributed by atoms with Crippen LogP contribution < -0.4 is 0 Å². The topological polar surface area (TPSA) is 126 Å². The molecule has 6 atom stereocenters. The minimum absolute atomic E-state index is 0.0957. The molecule has 1 unspecified atom stereocenters. The van der Waals surface area contributed by atoms with Gasteiger partial charge in [0.15, 0.2) is 6.29 Å². The van der Waals surface area contributed by atoms with E-state index in [4.69, 9.17) is 9.47 Å². The van der Waals surface area contributed by atoms with Gasteiger partial charge in [-0.1, -0.05) is 77.6 Å². The number of carbonyl (C=O) groups excluding carboxylic acids is 1. The number of hydrogen-bond donors (Lipinski definition) is 4. The van der Waals surface area contributed by atoms with Crippen LogP contribution in [0.15, 0.2) is 0 Å². The summed E-state index contributed by atoms with van der Waals surface area (Å²) in [5, 5.41) is 39.7. The molecule has 1 heterocycles. The third kappa shape index (κ3) is 12.5. The van der Waals surface area contributed by atoms with Crippen LogP contribution in [-0.2, 0) is 19.0 Å². The van der Waals surface area contributed by atoms with Crippen molar-refractivity contribution in [1.29, 1.82) is 0 Å². The zero-order valence-corrected chi connectivity index (χ0v) is 20.7. The Bertz CT molecular complexity index is 487. The molecule has 0 saturated carbocycles. The second kappa shape index (κ2) is 18.5. The molecule has 0 spiro atoms. The molecule has 8 nitrogen and oxygen atoms in total. The van der Waals surface area contributed by atoms with Crippen LogP contribution in [0.3, 0.4) is 0 Å². The number of carbonyl (C=O) groups is 1. The van der Waals surface area contributed by atoms with Crippen molar-refractivity contribution in [2.75, 3.05) is 13.7 Å². The van der Waals surface area contributed by atoms with E-state index in [9.17, 15) is 25.2 Å². The highest BCUT2D eigenvalue weighted by molar-refractivity contribution is 5.68. The van der Waals surface area contributed by atoms with Gasteiger partial charge in [-0.3, -0.25) is 4.79 Å². The number of unbranched alkanes of at least 4 members (excludes halogenated alkanes) is 10. The minimum atomic E-state index is -1.41. The maximum absolute atomic E-state index is 11.1. The fraction of sp³-hybridized carbons (Fsp3) is 0.960. The molecule has 0 amide bonds. The molecule has 0 aromatic heterocycles. The van der Waals surface area contributed by atoms with Gasteiger partial charge in [-0.2, -0.15) is 0 Å². The lowest BCUT2D eigenvalue weighted by Gasteiger charge is -2.41. The van der Waals surface area contributed by atoms with Crippen LogP contribution in [0, 0.1) is 0 Å². The lowest BCUT2D eigenvalue weighted by molar-refractivity contribution is -0.312. The molecule has 0 radical (unpaired) electrons. The average Bonchev–Trinajstić information content (AvgIpc) is 2.82. The van der Waals surface area contributed by atoms with Crippen molar-refractivity contribution in [3.63, 3.8) is 0 Å². The second-order valence-electron chi connectivity index (χ2n) is 9.25. The zero-order chi connectivity index (χ0) is 24.5. The van der Waals surface area contributed by atoms with E-state index in [1.54, 1.807) is 0 Å². The van der Waals surface area contributed by atoms with Gasteiger partial charge >= 0.3 is 5.97 Å². The summed E-state index contributed by atoms with van der Waals surface area (Å²) >= 11 is 0. The van der Waals surface area contributed by atoms with Crippen LogP contribution in [0.1, 0.15) is 103 Å². The van der Waals surface area contributed by atoms with Gasteiger partial charge in [0.05, 0.1) is 19.8 Å². The molecule has 1 saturated heterocycles. The van der Waals surface area contributed by atoms with Crippen LogP contribution in [0.2, 0.25) is 0 Å². The summed E-state index contributed by atoms with van der Waals surface area (Å²) in [6.07, 6.45) is 9.17. The van der Waals surface area contributed by atoms with Gasteiger partial charge in [-0.25, -0.2) is 0 Å². The summed E-state index contributed by atoms with van der Waals surface area (Å²) in [6.45, 7) is 1.72. The second-order valence-corrected chi connectivity index (χ2v) is 9.25. The monoisotopic (exact) mass is 476 g/mol. The van der Waals surface area contributed by atoms with Gasteiger partial charge in [0.1, 0.15) is 24.4 Å². The first-order valence-electron chi connectivity index (χ1n) is 13.0.